The molecule has 6 heteroatoms. The van der Waals surface area contributed by atoms with Crippen molar-refractivity contribution in [2.75, 3.05) is 0 Å². The molecule has 3 radical (unpaired) electrons. The fraction of sp³-hybridized carbons (Fsp3) is 0. The Bertz CT molecular complexity index is 6.00. The standard InChI is InChI=1S/3O.3Ta/q3*-2;3*+2. The molecule has 0 atom stereocenters. The predicted octanol–water partition coefficient (Wildman–Crippen LogP) is -0.364. The summed E-state index contributed by atoms with van der Waals surface area (Å²) in [6.07, 6.45) is 0. The van der Waals surface area contributed by atoms with Crippen molar-refractivity contribution in [2.45, 2.75) is 0 Å². The quantitative estimate of drug-likeness (QED) is 0.369. The van der Waals surface area contributed by atoms with Gasteiger partial charge < -0.3 is 16.4 Å². The Morgan fingerprint density at radius 2 is 0.333 bits per heavy atom. The first-order valence-corrected chi connectivity index (χ1v) is 0. The van der Waals surface area contributed by atoms with Crippen LogP contribution in [0.2, 0.25) is 0 Å². The molecule has 0 aromatic rings. The van der Waals surface area contributed by atoms with Crippen LogP contribution in [0.4, 0.5) is 0 Å². The van der Waals surface area contributed by atoms with Crippen molar-refractivity contribution in [1.29, 1.82) is 0 Å². The van der Waals surface area contributed by atoms with E-state index in [1.54, 1.807) is 0 Å². The first-order valence-electron chi connectivity index (χ1n) is 0. The Hall–Kier alpha value is 2.10. The summed E-state index contributed by atoms with van der Waals surface area (Å²) in [5, 5.41) is 0. The molecule has 0 saturated heterocycles. The van der Waals surface area contributed by atoms with E-state index in [2.05, 4.69) is 0 Å². The molecule has 0 N–H and O–H groups in total. The smallest absolute Gasteiger partial charge is 2.00 e. The van der Waals surface area contributed by atoms with E-state index in [1.807, 2.05) is 0 Å². The predicted molar refractivity (Wildman–Crippen MR) is 2.06 cm³/mol. The maximum absolute atomic E-state index is 0. The number of rotatable bonds is 0. The van der Waals surface area contributed by atoms with Crippen molar-refractivity contribution in [3.63, 3.8) is 0 Å². The van der Waals surface area contributed by atoms with Gasteiger partial charge in [-0.2, -0.15) is 0 Å². The molecule has 0 aliphatic carbocycles. The van der Waals surface area contributed by atoms with Crippen LogP contribution in [0.5, 0.6) is 0 Å². The third-order valence-electron chi connectivity index (χ3n) is 0. The minimum absolute atomic E-state index is 0. The van der Waals surface area contributed by atoms with Crippen molar-refractivity contribution in [3.05, 3.63) is 0 Å². The van der Waals surface area contributed by atoms with Gasteiger partial charge in [-0.1, -0.05) is 0 Å². The summed E-state index contributed by atoms with van der Waals surface area (Å²) < 4.78 is 0. The van der Waals surface area contributed by atoms with Gasteiger partial charge in [0, 0.05) is 0 Å². The molecule has 0 heterocycles. The SMILES string of the molecule is [O-2].[O-2].[O-2].[Ta+2].[Ta+2].[Ta+2]. The second kappa shape index (κ2) is 59.9. The summed E-state index contributed by atoms with van der Waals surface area (Å²) in [5.41, 5.74) is 0. The van der Waals surface area contributed by atoms with Crippen LogP contribution in [0.3, 0.4) is 0 Å². The summed E-state index contributed by atoms with van der Waals surface area (Å²) in [6, 6.07) is 0. The summed E-state index contributed by atoms with van der Waals surface area (Å²) >= 11 is 0. The first kappa shape index (κ1) is 92.6. The summed E-state index contributed by atoms with van der Waals surface area (Å²) in [5.74, 6) is 0. The van der Waals surface area contributed by atoms with Gasteiger partial charge in [-0.15, -0.1) is 0 Å². The molecule has 0 saturated carbocycles. The molecule has 0 spiro atoms. The fourth-order valence-corrected chi connectivity index (χ4v) is 0. The monoisotopic (exact) mass is 591 g/mol. The molecule has 0 unspecified atom stereocenters. The topological polar surface area (TPSA) is 85.5 Å². The van der Waals surface area contributed by atoms with Crippen LogP contribution in [0.1, 0.15) is 0 Å². The van der Waals surface area contributed by atoms with Gasteiger partial charge in [-0.25, -0.2) is 0 Å². The molecule has 0 bridgehead atoms. The first-order chi connectivity index (χ1) is 0. The average molecular weight is 591 g/mol. The summed E-state index contributed by atoms with van der Waals surface area (Å²) in [4.78, 5) is 0. The van der Waals surface area contributed by atoms with Crippen molar-refractivity contribution < 1.29 is 83.6 Å². The van der Waals surface area contributed by atoms with E-state index in [1.165, 1.54) is 0 Å². The zero-order chi connectivity index (χ0) is 0. The maximum Gasteiger partial charge on any atom is 2.00 e. The second-order valence-corrected chi connectivity index (χ2v) is 0. The van der Waals surface area contributed by atoms with Crippen LogP contribution in [0, 0.1) is 0 Å². The Morgan fingerprint density at radius 1 is 0.333 bits per heavy atom. The van der Waals surface area contributed by atoms with Gasteiger partial charge in [0.25, 0.3) is 0 Å². The normalized spacial score (nSPS) is 0. The largest absolute Gasteiger partial charge is 2.00 e. The molecular weight excluding hydrogens is 591 g/mol. The molecule has 6 heavy (non-hydrogen) atoms. The van der Waals surface area contributed by atoms with Crippen LogP contribution in [0.15, 0.2) is 0 Å². The van der Waals surface area contributed by atoms with Gasteiger partial charge in [-0.05, 0) is 0 Å². The Labute approximate surface area is 82.7 Å². The molecule has 3 nitrogen and oxygen atoms in total. The van der Waals surface area contributed by atoms with E-state index in [0.717, 1.165) is 0 Å². The van der Waals surface area contributed by atoms with E-state index in [9.17, 15) is 0 Å². The van der Waals surface area contributed by atoms with Gasteiger partial charge in [0.1, 0.15) is 0 Å². The van der Waals surface area contributed by atoms with Gasteiger partial charge in [0.2, 0.25) is 0 Å². The molecule has 0 aromatic carbocycles. The molecule has 0 fully saturated rings. The number of hydrogen-bond donors (Lipinski definition) is 0. The minimum atomic E-state index is 0. The molecule has 0 amide bonds. The Morgan fingerprint density at radius 3 is 0.333 bits per heavy atom. The van der Waals surface area contributed by atoms with Crippen molar-refractivity contribution in [2.24, 2.45) is 0 Å². The van der Waals surface area contributed by atoms with Crippen LogP contribution in [0.25, 0.3) is 0 Å². The Balaban J connectivity index is 0. The van der Waals surface area contributed by atoms with Crippen LogP contribution < -0.4 is 0 Å². The van der Waals surface area contributed by atoms with E-state index in [-0.39, 0.29) is 83.6 Å². The molecule has 0 rings (SSSR count). The zero-order valence-electron chi connectivity index (χ0n) is 2.57. The molecule has 0 aliphatic heterocycles. The average Bonchev–Trinajstić information content (AvgIpc) is 0. The van der Waals surface area contributed by atoms with E-state index >= 15 is 0 Å². The van der Waals surface area contributed by atoms with Crippen molar-refractivity contribution in [1.82, 2.24) is 0 Å². The van der Waals surface area contributed by atoms with Gasteiger partial charge in [-0.3, -0.25) is 0 Å². The van der Waals surface area contributed by atoms with E-state index in [0.29, 0.717) is 0 Å². The van der Waals surface area contributed by atoms with Crippen LogP contribution in [-0.4, -0.2) is 0 Å². The minimum Gasteiger partial charge on any atom is -2.00 e. The zero-order valence-corrected chi connectivity index (χ0v) is 12.2. The molecule has 0 aliphatic rings. The third kappa shape index (κ3) is 36.0. The van der Waals surface area contributed by atoms with Gasteiger partial charge in [0.05, 0.1) is 0 Å². The molecule has 0 aromatic heterocycles. The van der Waals surface area contributed by atoms with Crippen molar-refractivity contribution in [3.8, 4) is 0 Å². The van der Waals surface area contributed by atoms with Crippen LogP contribution in [-0.2, 0) is 83.6 Å². The van der Waals surface area contributed by atoms with Crippen molar-refractivity contribution >= 4 is 0 Å². The molecular formula is O3Ta3. The summed E-state index contributed by atoms with van der Waals surface area (Å²) in [6.45, 7) is 0. The maximum atomic E-state index is 0. The van der Waals surface area contributed by atoms with Gasteiger partial charge >= 0.3 is 67.1 Å². The Kier molecular flexibility index (Phi) is 924. The van der Waals surface area contributed by atoms with Crippen LogP contribution >= 0.6 is 0 Å². The fourth-order valence-electron chi connectivity index (χ4n) is 0. The molecule has 33 valence electrons. The second-order valence-electron chi connectivity index (χ2n) is 0. The van der Waals surface area contributed by atoms with E-state index in [4.69, 9.17) is 0 Å². The number of hydrogen-bond acceptors (Lipinski definition) is 0. The van der Waals surface area contributed by atoms with Gasteiger partial charge in [0.15, 0.2) is 0 Å². The third-order valence-corrected chi connectivity index (χ3v) is 0. The van der Waals surface area contributed by atoms with E-state index < -0.39 is 0 Å². The summed E-state index contributed by atoms with van der Waals surface area (Å²) in [7, 11) is 0.